The smallest absolute Gasteiger partial charge is 0.124 e. The van der Waals surface area contributed by atoms with Gasteiger partial charge in [0.25, 0.3) is 0 Å². The first-order chi connectivity index (χ1) is 9.29. The number of unbranched alkanes of at least 4 members (excludes halogenated alkanes) is 6. The maximum Gasteiger partial charge on any atom is 0.124 e. The first-order valence-electron chi connectivity index (χ1n) is 7.28. The van der Waals surface area contributed by atoms with E-state index in [-0.39, 0.29) is 5.75 Å². The van der Waals surface area contributed by atoms with Gasteiger partial charge in [-0.15, -0.1) is 0 Å². The highest BCUT2D eigenvalue weighted by molar-refractivity contribution is 5.85. The Morgan fingerprint density at radius 2 is 1.74 bits per heavy atom. The highest BCUT2D eigenvalue weighted by Gasteiger charge is 2.05. The van der Waals surface area contributed by atoms with Crippen LogP contribution in [0.25, 0.3) is 0 Å². The predicted molar refractivity (Wildman–Crippen MR) is 79.2 cm³/mol. The van der Waals surface area contributed by atoms with Crippen molar-refractivity contribution in [2.24, 2.45) is 5.16 Å². The number of oxime groups is 1. The summed E-state index contributed by atoms with van der Waals surface area (Å²) in [6, 6.07) is 5.43. The summed E-state index contributed by atoms with van der Waals surface area (Å²) in [6.07, 6.45) is 11.1. The SMILES string of the molecule is CCCCCCCCCc1cccc(O)c1/C=N\O. The largest absolute Gasteiger partial charge is 0.507 e. The highest BCUT2D eigenvalue weighted by Crippen LogP contribution is 2.21. The van der Waals surface area contributed by atoms with E-state index in [1.807, 2.05) is 12.1 Å². The maximum absolute atomic E-state index is 9.72. The molecule has 0 aliphatic carbocycles. The third kappa shape index (κ3) is 5.77. The van der Waals surface area contributed by atoms with Crippen LogP contribution < -0.4 is 0 Å². The molecule has 0 spiro atoms. The molecule has 3 nitrogen and oxygen atoms in total. The van der Waals surface area contributed by atoms with E-state index >= 15 is 0 Å². The molecule has 2 N–H and O–H groups in total. The minimum Gasteiger partial charge on any atom is -0.507 e. The summed E-state index contributed by atoms with van der Waals surface area (Å²) in [7, 11) is 0. The second-order valence-corrected chi connectivity index (χ2v) is 4.97. The molecule has 19 heavy (non-hydrogen) atoms. The molecule has 0 aliphatic heterocycles. The zero-order chi connectivity index (χ0) is 13.9. The second kappa shape index (κ2) is 9.42. The van der Waals surface area contributed by atoms with Crippen molar-refractivity contribution in [3.05, 3.63) is 29.3 Å². The van der Waals surface area contributed by atoms with Gasteiger partial charge in [0, 0.05) is 5.56 Å². The molecule has 1 aromatic rings. The topological polar surface area (TPSA) is 52.8 Å². The van der Waals surface area contributed by atoms with Gasteiger partial charge in [0.1, 0.15) is 5.75 Å². The van der Waals surface area contributed by atoms with Crippen molar-refractivity contribution in [1.82, 2.24) is 0 Å². The summed E-state index contributed by atoms with van der Waals surface area (Å²) in [6.45, 7) is 2.23. The number of rotatable bonds is 9. The minimum atomic E-state index is 0.179. The third-order valence-electron chi connectivity index (χ3n) is 3.41. The number of nitrogens with zero attached hydrogens (tertiary/aromatic N) is 1. The average Bonchev–Trinajstić information content (AvgIpc) is 2.41. The number of aryl methyl sites for hydroxylation is 1. The van der Waals surface area contributed by atoms with Crippen molar-refractivity contribution in [1.29, 1.82) is 0 Å². The lowest BCUT2D eigenvalue weighted by atomic mass is 10.00. The maximum atomic E-state index is 9.72. The minimum absolute atomic E-state index is 0.179. The molecule has 0 saturated carbocycles. The Morgan fingerprint density at radius 3 is 2.42 bits per heavy atom. The van der Waals surface area contributed by atoms with Gasteiger partial charge in [0.15, 0.2) is 0 Å². The molecule has 0 heterocycles. The number of aromatic hydroxyl groups is 1. The van der Waals surface area contributed by atoms with Crippen LogP contribution in [0, 0.1) is 0 Å². The fourth-order valence-electron chi connectivity index (χ4n) is 2.30. The fraction of sp³-hybridized carbons (Fsp3) is 0.562. The molecule has 0 radical (unpaired) electrons. The summed E-state index contributed by atoms with van der Waals surface area (Å²) in [5, 5.41) is 21.4. The molecule has 0 aliphatic rings. The second-order valence-electron chi connectivity index (χ2n) is 4.97. The van der Waals surface area contributed by atoms with Crippen LogP contribution in [0.1, 0.15) is 63.0 Å². The van der Waals surface area contributed by atoms with Crippen molar-refractivity contribution in [3.8, 4) is 5.75 Å². The molecule has 0 bridgehead atoms. The van der Waals surface area contributed by atoms with Crippen LogP contribution in [0.15, 0.2) is 23.4 Å². The molecule has 3 heteroatoms. The molecule has 0 fully saturated rings. The predicted octanol–water partition coefficient (Wildman–Crippen LogP) is 4.49. The van der Waals surface area contributed by atoms with Gasteiger partial charge in [0.2, 0.25) is 0 Å². The van der Waals surface area contributed by atoms with E-state index in [1.54, 1.807) is 6.07 Å². The number of hydrogen-bond acceptors (Lipinski definition) is 3. The normalized spacial score (nSPS) is 11.2. The first-order valence-corrected chi connectivity index (χ1v) is 7.28. The monoisotopic (exact) mass is 263 g/mol. The Labute approximate surface area is 116 Å². The molecule has 106 valence electrons. The van der Waals surface area contributed by atoms with E-state index in [4.69, 9.17) is 5.21 Å². The standard InChI is InChI=1S/C16H25NO2/c1-2-3-4-5-6-7-8-10-14-11-9-12-16(18)15(14)13-17-19/h9,11-13,18-19H,2-8,10H2,1H3/b17-13-. The van der Waals surface area contributed by atoms with Crippen LogP contribution >= 0.6 is 0 Å². The lowest BCUT2D eigenvalue weighted by Gasteiger charge is -2.07. The Morgan fingerprint density at radius 1 is 1.05 bits per heavy atom. The molecule has 0 unspecified atom stereocenters. The van der Waals surface area contributed by atoms with Crippen LogP contribution in [0.2, 0.25) is 0 Å². The number of hydrogen-bond donors (Lipinski definition) is 2. The van der Waals surface area contributed by atoms with Crippen molar-refractivity contribution in [3.63, 3.8) is 0 Å². The van der Waals surface area contributed by atoms with E-state index in [0.29, 0.717) is 5.56 Å². The van der Waals surface area contributed by atoms with E-state index in [1.165, 1.54) is 44.7 Å². The van der Waals surface area contributed by atoms with E-state index < -0.39 is 0 Å². The Bertz CT molecular complexity index is 388. The average molecular weight is 263 g/mol. The first kappa shape index (κ1) is 15.5. The zero-order valence-corrected chi connectivity index (χ0v) is 11.8. The quantitative estimate of drug-likeness (QED) is 0.298. The number of phenols is 1. The molecule has 0 amide bonds. The molecule has 1 aromatic carbocycles. The van der Waals surface area contributed by atoms with Crippen molar-refractivity contribution in [2.75, 3.05) is 0 Å². The van der Waals surface area contributed by atoms with Gasteiger partial charge >= 0.3 is 0 Å². The number of phenolic OH excluding ortho intramolecular Hbond substituents is 1. The van der Waals surface area contributed by atoms with E-state index in [2.05, 4.69) is 12.1 Å². The molecule has 0 saturated heterocycles. The lowest BCUT2D eigenvalue weighted by Crippen LogP contribution is -1.94. The fourth-order valence-corrected chi connectivity index (χ4v) is 2.30. The Hall–Kier alpha value is -1.51. The van der Waals surface area contributed by atoms with Crippen LogP contribution in [0.4, 0.5) is 0 Å². The Balaban J connectivity index is 2.35. The summed E-state index contributed by atoms with van der Waals surface area (Å²) in [5.74, 6) is 0.179. The molecular formula is C16H25NO2. The Kier molecular flexibility index (Phi) is 7.71. The van der Waals surface area contributed by atoms with Crippen molar-refractivity contribution in [2.45, 2.75) is 58.3 Å². The zero-order valence-electron chi connectivity index (χ0n) is 11.8. The summed E-state index contributed by atoms with van der Waals surface area (Å²) in [4.78, 5) is 0. The van der Waals surface area contributed by atoms with Gasteiger partial charge in [-0.05, 0) is 24.5 Å². The summed E-state index contributed by atoms with van der Waals surface area (Å²) < 4.78 is 0. The lowest BCUT2D eigenvalue weighted by molar-refractivity contribution is 0.321. The van der Waals surface area contributed by atoms with Crippen LogP contribution in [-0.4, -0.2) is 16.5 Å². The van der Waals surface area contributed by atoms with Crippen molar-refractivity contribution >= 4 is 6.21 Å². The third-order valence-corrected chi connectivity index (χ3v) is 3.41. The molecular weight excluding hydrogens is 238 g/mol. The van der Waals surface area contributed by atoms with E-state index in [9.17, 15) is 5.11 Å². The highest BCUT2D eigenvalue weighted by atomic mass is 16.4. The molecule has 0 atom stereocenters. The molecule has 1 rings (SSSR count). The molecule has 0 aromatic heterocycles. The van der Waals surface area contributed by atoms with Crippen molar-refractivity contribution < 1.29 is 10.3 Å². The van der Waals surface area contributed by atoms with Gasteiger partial charge in [-0.1, -0.05) is 62.7 Å². The summed E-state index contributed by atoms with van der Waals surface area (Å²) in [5.41, 5.74) is 1.68. The van der Waals surface area contributed by atoms with Crippen LogP contribution in [-0.2, 0) is 6.42 Å². The van der Waals surface area contributed by atoms with Gasteiger partial charge in [0.05, 0.1) is 6.21 Å². The van der Waals surface area contributed by atoms with Gasteiger partial charge in [-0.2, -0.15) is 0 Å². The van der Waals surface area contributed by atoms with Gasteiger partial charge in [-0.25, -0.2) is 0 Å². The van der Waals surface area contributed by atoms with Gasteiger partial charge < -0.3 is 10.3 Å². The van der Waals surface area contributed by atoms with Crippen LogP contribution in [0.5, 0.6) is 5.75 Å². The van der Waals surface area contributed by atoms with Gasteiger partial charge in [-0.3, -0.25) is 0 Å². The summed E-state index contributed by atoms with van der Waals surface area (Å²) >= 11 is 0. The number of benzene rings is 1. The van der Waals surface area contributed by atoms with Crippen LogP contribution in [0.3, 0.4) is 0 Å². The van der Waals surface area contributed by atoms with E-state index in [0.717, 1.165) is 18.4 Å².